The van der Waals surface area contributed by atoms with Crippen molar-refractivity contribution in [3.05, 3.63) is 35.9 Å². The Hall–Kier alpha value is -4.86. The zero-order valence-corrected chi connectivity index (χ0v) is 28.2. The highest BCUT2D eigenvalue weighted by molar-refractivity contribution is 5.97. The maximum Gasteiger partial charge on any atom is 0.307 e. The Labute approximate surface area is 285 Å². The van der Waals surface area contributed by atoms with Crippen LogP contribution in [0.4, 0.5) is 0 Å². The van der Waals surface area contributed by atoms with Gasteiger partial charge < -0.3 is 43.2 Å². The summed E-state index contributed by atoms with van der Waals surface area (Å²) in [6.45, 7) is 4.86. The van der Waals surface area contributed by atoms with Crippen molar-refractivity contribution >= 4 is 47.2 Å². The van der Waals surface area contributed by atoms with Gasteiger partial charge in [-0.1, -0.05) is 44.2 Å². The van der Waals surface area contributed by atoms with Crippen molar-refractivity contribution in [3.8, 4) is 0 Å². The molecular weight excluding hydrogens is 638 g/mol. The summed E-state index contributed by atoms with van der Waals surface area (Å²) >= 11 is 0. The van der Waals surface area contributed by atoms with Crippen molar-refractivity contribution in [1.82, 2.24) is 26.6 Å². The number of hydrogen-bond donors (Lipinski definition) is 8. The van der Waals surface area contributed by atoms with E-state index in [4.69, 9.17) is 11.5 Å². The monoisotopic (exact) mass is 687 g/mol. The first-order chi connectivity index (χ1) is 23.1. The predicted octanol–water partition coefficient (Wildman–Crippen LogP) is -1.21. The third kappa shape index (κ3) is 14.0. The number of aliphatic carboxylic acids is 1. The largest absolute Gasteiger partial charge is 0.481 e. The van der Waals surface area contributed by atoms with Crippen LogP contribution in [0, 0.1) is 11.8 Å². The molecule has 2 rings (SSSR count). The van der Waals surface area contributed by atoms with E-state index in [0.717, 1.165) is 0 Å². The number of rotatable bonds is 10. The van der Waals surface area contributed by atoms with Crippen LogP contribution in [-0.2, 0) is 44.8 Å². The van der Waals surface area contributed by atoms with Crippen LogP contribution < -0.4 is 38.1 Å². The maximum atomic E-state index is 13.7. The molecule has 1 saturated heterocycles. The second-order valence-corrected chi connectivity index (χ2v) is 12.6. The Kier molecular flexibility index (Phi) is 16.3. The van der Waals surface area contributed by atoms with Crippen molar-refractivity contribution in [1.29, 1.82) is 0 Å². The van der Waals surface area contributed by atoms with Crippen LogP contribution in [0.3, 0.4) is 0 Å². The van der Waals surface area contributed by atoms with Gasteiger partial charge >= 0.3 is 5.97 Å². The molecule has 1 aliphatic heterocycles. The topological polar surface area (TPSA) is 269 Å². The lowest BCUT2D eigenvalue weighted by molar-refractivity contribution is -0.145. The fourth-order valence-corrected chi connectivity index (χ4v) is 5.19. The lowest BCUT2D eigenvalue weighted by Crippen LogP contribution is -2.58. The highest BCUT2D eigenvalue weighted by Gasteiger charge is 2.33. The van der Waals surface area contributed by atoms with E-state index in [1.807, 2.05) is 0 Å². The number of primary amides is 1. The summed E-state index contributed by atoms with van der Waals surface area (Å²) in [7, 11) is 0. The Morgan fingerprint density at radius 1 is 0.878 bits per heavy atom. The molecule has 6 atom stereocenters. The molecule has 270 valence electrons. The molecule has 0 unspecified atom stereocenters. The first kappa shape index (κ1) is 40.3. The average Bonchev–Trinajstić information content (AvgIpc) is 3.03. The second-order valence-electron chi connectivity index (χ2n) is 12.6. The van der Waals surface area contributed by atoms with Gasteiger partial charge in [0.05, 0.1) is 24.4 Å². The molecule has 16 nitrogen and oxygen atoms in total. The highest BCUT2D eigenvalue weighted by atomic mass is 16.4. The second kappa shape index (κ2) is 19.8. The molecule has 1 fully saturated rings. The van der Waals surface area contributed by atoms with Gasteiger partial charge in [0.1, 0.15) is 18.1 Å². The van der Waals surface area contributed by atoms with E-state index in [2.05, 4.69) is 26.6 Å². The van der Waals surface area contributed by atoms with Gasteiger partial charge in [-0.3, -0.25) is 38.4 Å². The third-order valence-electron chi connectivity index (χ3n) is 8.21. The normalized spacial score (nSPS) is 24.3. The average molecular weight is 688 g/mol. The molecule has 1 aromatic carbocycles. The number of nitrogens with two attached hydrogens (primary N) is 2. The van der Waals surface area contributed by atoms with E-state index < -0.39 is 83.3 Å². The number of ketones is 1. The summed E-state index contributed by atoms with van der Waals surface area (Å²) in [5.74, 6) is -7.49. The fourth-order valence-electron chi connectivity index (χ4n) is 5.19. The quantitative estimate of drug-likeness (QED) is 0.145. The van der Waals surface area contributed by atoms with Crippen LogP contribution in [-0.4, -0.2) is 89.1 Å². The zero-order valence-electron chi connectivity index (χ0n) is 28.2. The van der Waals surface area contributed by atoms with Gasteiger partial charge in [0.25, 0.3) is 0 Å². The molecule has 49 heavy (non-hydrogen) atoms. The van der Waals surface area contributed by atoms with Gasteiger partial charge in [-0.05, 0) is 44.1 Å². The number of amides is 6. The minimum absolute atomic E-state index is 0.0180. The van der Waals surface area contributed by atoms with Gasteiger partial charge in [0.15, 0.2) is 5.78 Å². The van der Waals surface area contributed by atoms with Crippen molar-refractivity contribution in [2.24, 2.45) is 23.3 Å². The van der Waals surface area contributed by atoms with Crippen LogP contribution in [0.5, 0.6) is 0 Å². The Morgan fingerprint density at radius 2 is 1.51 bits per heavy atom. The standard InChI is InChI=1S/C33H49N7O9/c1-18(2)21(33(48)49)16-26(41)23-11-7-8-14-36-28(43)17-22(34)30(45)37-19(3)29(44)40-25(15-20-9-5-4-6-10-20)32(47)39-24(31(46)38-23)12-13-27(35)42/h4-6,9-10,18-19,21-25H,7-8,11-17,34H2,1-3H3,(H2,35,42)(H,36,43)(H,37,45)(H,38,46)(H,39,47)(H,40,44)(H,48,49)/t19-,21-,22-,23-,24-,25-/m0/s1. The summed E-state index contributed by atoms with van der Waals surface area (Å²) in [5.41, 5.74) is 11.9. The minimum Gasteiger partial charge on any atom is -0.481 e. The molecule has 10 N–H and O–H groups in total. The lowest BCUT2D eigenvalue weighted by atomic mass is 9.88. The SMILES string of the molecule is CC(C)[C@H](CC(=O)[C@@H]1CCCCNC(=O)C[C@H](N)C(=O)N[C@@H](C)C(=O)N[C@@H](Cc2ccccc2)C(=O)N[C@@H](CCC(N)=O)C(=O)N1)C(=O)O. The molecule has 0 aliphatic carbocycles. The van der Waals surface area contributed by atoms with Crippen LogP contribution in [0.2, 0.25) is 0 Å². The summed E-state index contributed by atoms with van der Waals surface area (Å²) in [5, 5.41) is 22.5. The molecule has 1 aromatic rings. The van der Waals surface area contributed by atoms with E-state index in [9.17, 15) is 43.5 Å². The fraction of sp³-hybridized carbons (Fsp3) is 0.576. The molecule has 16 heteroatoms. The molecule has 0 aromatic heterocycles. The molecular formula is C33H49N7O9. The molecule has 6 amide bonds. The molecule has 1 aliphatic rings. The third-order valence-corrected chi connectivity index (χ3v) is 8.21. The lowest BCUT2D eigenvalue weighted by Gasteiger charge is -2.27. The van der Waals surface area contributed by atoms with Crippen molar-refractivity contribution < 1.29 is 43.5 Å². The van der Waals surface area contributed by atoms with Crippen molar-refractivity contribution in [2.45, 2.75) is 102 Å². The van der Waals surface area contributed by atoms with Crippen molar-refractivity contribution in [2.75, 3.05) is 6.54 Å². The number of carbonyl (C=O) groups is 8. The number of carboxylic acids is 1. The van der Waals surface area contributed by atoms with Crippen LogP contribution in [0.25, 0.3) is 0 Å². The molecule has 1 heterocycles. The number of benzene rings is 1. The molecule has 0 saturated carbocycles. The van der Waals surface area contributed by atoms with E-state index in [0.29, 0.717) is 18.4 Å². The van der Waals surface area contributed by atoms with Gasteiger partial charge in [-0.2, -0.15) is 0 Å². The number of carboxylic acid groups (broad SMARTS) is 1. The molecule has 0 radical (unpaired) electrons. The van der Waals surface area contributed by atoms with Crippen LogP contribution in [0.15, 0.2) is 30.3 Å². The predicted molar refractivity (Wildman–Crippen MR) is 177 cm³/mol. The van der Waals surface area contributed by atoms with Gasteiger partial charge in [0, 0.05) is 25.8 Å². The summed E-state index contributed by atoms with van der Waals surface area (Å²) < 4.78 is 0. The Morgan fingerprint density at radius 3 is 2.12 bits per heavy atom. The van der Waals surface area contributed by atoms with E-state index >= 15 is 0 Å². The van der Waals surface area contributed by atoms with Gasteiger partial charge in [-0.15, -0.1) is 0 Å². The molecule has 0 bridgehead atoms. The van der Waals surface area contributed by atoms with Crippen molar-refractivity contribution in [3.63, 3.8) is 0 Å². The minimum atomic E-state index is -1.37. The van der Waals surface area contributed by atoms with Gasteiger partial charge in [0.2, 0.25) is 35.4 Å². The Bertz CT molecular complexity index is 1350. The summed E-state index contributed by atoms with van der Waals surface area (Å²) in [6, 6.07) is 2.45. The van der Waals surface area contributed by atoms with E-state index in [-0.39, 0.29) is 51.0 Å². The van der Waals surface area contributed by atoms with E-state index in [1.165, 1.54) is 6.92 Å². The number of Topliss-reactive ketones (excluding diaryl/α,β-unsaturated/α-hetero) is 1. The maximum absolute atomic E-state index is 13.7. The molecule has 0 spiro atoms. The first-order valence-corrected chi connectivity index (χ1v) is 16.4. The summed E-state index contributed by atoms with van der Waals surface area (Å²) in [6.07, 6.45) is -0.525. The number of nitrogens with one attached hydrogen (secondary N) is 5. The van der Waals surface area contributed by atoms with E-state index in [1.54, 1.807) is 44.2 Å². The smallest absolute Gasteiger partial charge is 0.307 e. The first-order valence-electron chi connectivity index (χ1n) is 16.4. The summed E-state index contributed by atoms with van der Waals surface area (Å²) in [4.78, 5) is 103. The van der Waals surface area contributed by atoms with Gasteiger partial charge in [-0.25, -0.2) is 0 Å². The highest BCUT2D eigenvalue weighted by Crippen LogP contribution is 2.19. The number of hydrogen-bond acceptors (Lipinski definition) is 9. The zero-order chi connectivity index (χ0) is 36.7. The number of carbonyl (C=O) groups excluding carboxylic acids is 7. The van der Waals surface area contributed by atoms with Crippen LogP contribution in [0.1, 0.15) is 71.3 Å². The van der Waals surface area contributed by atoms with Crippen LogP contribution >= 0.6 is 0 Å². The Balaban J connectivity index is 2.47.